The highest BCUT2D eigenvalue weighted by atomic mass is 16.3. The predicted molar refractivity (Wildman–Crippen MR) is 136 cm³/mol. The van der Waals surface area contributed by atoms with E-state index in [0.717, 1.165) is 36.6 Å². The molecule has 2 aromatic rings. The smallest absolute Gasteiger partial charge is 0.316 e. The quantitative estimate of drug-likeness (QED) is 0.558. The number of benzene rings is 1. The van der Waals surface area contributed by atoms with Crippen molar-refractivity contribution in [2.45, 2.75) is 69.8 Å². The number of fused-ring (bicyclic) bond motifs is 3. The summed E-state index contributed by atoms with van der Waals surface area (Å²) in [6.07, 6.45) is 2.97. The Balaban J connectivity index is 1.43. The van der Waals surface area contributed by atoms with Gasteiger partial charge in [0.05, 0.1) is 11.6 Å². The zero-order valence-electron chi connectivity index (χ0n) is 21.0. The number of aliphatic hydroxyl groups excluding tert-OH is 1. The van der Waals surface area contributed by atoms with Crippen molar-refractivity contribution in [3.8, 4) is 0 Å². The number of nitrogens with one attached hydrogen (secondary N) is 2. The lowest BCUT2D eigenvalue weighted by Crippen LogP contribution is -2.53. The largest absolute Gasteiger partial charge is 0.390 e. The van der Waals surface area contributed by atoms with E-state index in [1.54, 1.807) is 24.7 Å². The number of piperidine rings is 1. The molecule has 35 heavy (non-hydrogen) atoms. The normalized spacial score (nSPS) is 22.9. The van der Waals surface area contributed by atoms with E-state index in [2.05, 4.69) is 15.5 Å². The van der Waals surface area contributed by atoms with E-state index in [1.165, 1.54) is 4.90 Å². The third-order valence-corrected chi connectivity index (χ3v) is 7.39. The Kier molecular flexibility index (Phi) is 7.47. The van der Waals surface area contributed by atoms with Crippen LogP contribution < -0.4 is 16.2 Å². The van der Waals surface area contributed by atoms with Crippen LogP contribution in [0.4, 0.5) is 4.79 Å². The molecule has 3 amide bonds. The van der Waals surface area contributed by atoms with Crippen molar-refractivity contribution in [1.29, 1.82) is 0 Å². The van der Waals surface area contributed by atoms with E-state index >= 15 is 0 Å². The fourth-order valence-corrected chi connectivity index (χ4v) is 5.80. The molecule has 3 heterocycles. The Hall–Kier alpha value is -2.91. The van der Waals surface area contributed by atoms with Gasteiger partial charge in [-0.05, 0) is 57.0 Å². The fraction of sp³-hybridized carbons (Fsp3) is 0.577. The van der Waals surface area contributed by atoms with Crippen LogP contribution in [0.1, 0.15) is 55.9 Å². The number of hydrogen-bond acceptors (Lipinski definition) is 5. The second kappa shape index (κ2) is 10.4. The van der Waals surface area contributed by atoms with Crippen LogP contribution in [0.15, 0.2) is 35.1 Å². The standard InChI is InChI=1S/C26H37N5O4/c1-16(2)31-23-8-6-5-7-17(23)11-22(25(31)34)24(33)28-18-12-19-9-10-20(13-18)30(19)15-21(32)14-29(4)26(35)27-3/h5-8,11,16,18-21,32H,9-10,12-15H2,1-4H3,(H,27,35)(H,28,33)/t18?,19-,20+,21?. The second-order valence-corrected chi connectivity index (χ2v) is 10.2. The highest BCUT2D eigenvalue weighted by Gasteiger charge is 2.42. The van der Waals surface area contributed by atoms with E-state index in [4.69, 9.17) is 0 Å². The van der Waals surface area contributed by atoms with Crippen molar-refractivity contribution in [2.75, 3.05) is 27.2 Å². The molecule has 190 valence electrons. The van der Waals surface area contributed by atoms with Crippen LogP contribution in [0.3, 0.4) is 0 Å². The summed E-state index contributed by atoms with van der Waals surface area (Å²) in [6.45, 7) is 4.66. The average molecular weight is 484 g/mol. The molecule has 0 saturated carbocycles. The number of carbonyl (C=O) groups is 2. The van der Waals surface area contributed by atoms with Crippen LogP contribution in [0.2, 0.25) is 0 Å². The van der Waals surface area contributed by atoms with Gasteiger partial charge in [0.15, 0.2) is 0 Å². The molecule has 4 rings (SSSR count). The van der Waals surface area contributed by atoms with Gasteiger partial charge in [-0.3, -0.25) is 14.5 Å². The summed E-state index contributed by atoms with van der Waals surface area (Å²) in [5.74, 6) is -0.319. The van der Waals surface area contributed by atoms with Crippen LogP contribution in [-0.2, 0) is 0 Å². The van der Waals surface area contributed by atoms with E-state index in [-0.39, 0.29) is 53.8 Å². The second-order valence-electron chi connectivity index (χ2n) is 10.2. The molecule has 2 aliphatic heterocycles. The SMILES string of the molecule is CNC(=O)N(C)CC(O)CN1[C@@H]2CC[C@H]1CC(NC(=O)c1cc3ccccc3n(C(C)C)c1=O)C2. The van der Waals surface area contributed by atoms with Crippen molar-refractivity contribution in [3.05, 3.63) is 46.2 Å². The molecule has 2 aliphatic rings. The van der Waals surface area contributed by atoms with Crippen molar-refractivity contribution >= 4 is 22.8 Å². The molecule has 2 unspecified atom stereocenters. The lowest BCUT2D eigenvalue weighted by atomic mass is 9.96. The summed E-state index contributed by atoms with van der Waals surface area (Å²) in [5, 5.41) is 17.1. The Labute approximate surface area is 206 Å². The molecule has 1 aromatic carbocycles. The Bertz CT molecular complexity index is 1130. The number of nitrogens with zero attached hydrogens (tertiary/aromatic N) is 3. The van der Waals surface area contributed by atoms with E-state index in [9.17, 15) is 19.5 Å². The van der Waals surface area contributed by atoms with Crippen LogP contribution in [0.25, 0.3) is 10.9 Å². The molecule has 4 atom stereocenters. The van der Waals surface area contributed by atoms with Crippen LogP contribution >= 0.6 is 0 Å². The molecule has 9 nitrogen and oxygen atoms in total. The molecular weight excluding hydrogens is 446 g/mol. The van der Waals surface area contributed by atoms with Gasteiger partial charge in [0.25, 0.3) is 11.5 Å². The minimum Gasteiger partial charge on any atom is -0.390 e. The summed E-state index contributed by atoms with van der Waals surface area (Å²) in [4.78, 5) is 42.0. The number of aromatic nitrogens is 1. The maximum atomic E-state index is 13.2. The first-order chi connectivity index (χ1) is 16.7. The monoisotopic (exact) mass is 483 g/mol. The minimum atomic E-state index is -0.640. The van der Waals surface area contributed by atoms with Gasteiger partial charge < -0.3 is 25.2 Å². The zero-order valence-corrected chi connectivity index (χ0v) is 21.0. The molecule has 0 spiro atoms. The van der Waals surface area contributed by atoms with Crippen molar-refractivity contribution < 1.29 is 14.7 Å². The molecule has 0 aliphatic carbocycles. The van der Waals surface area contributed by atoms with Crippen LogP contribution in [-0.4, -0.2) is 82.8 Å². The Morgan fingerprint density at radius 3 is 2.46 bits per heavy atom. The molecule has 2 fully saturated rings. The number of urea groups is 1. The summed E-state index contributed by atoms with van der Waals surface area (Å²) in [6, 6.07) is 9.58. The first-order valence-corrected chi connectivity index (χ1v) is 12.5. The Morgan fingerprint density at radius 1 is 1.17 bits per heavy atom. The molecule has 0 radical (unpaired) electrons. The number of para-hydroxylation sites is 1. The number of rotatable bonds is 7. The number of pyridine rings is 1. The molecular formula is C26H37N5O4. The summed E-state index contributed by atoms with van der Waals surface area (Å²) < 4.78 is 1.69. The van der Waals surface area contributed by atoms with Gasteiger partial charge in [0.2, 0.25) is 0 Å². The highest BCUT2D eigenvalue weighted by Crippen LogP contribution is 2.36. The number of hydrogen-bond donors (Lipinski definition) is 3. The predicted octanol–water partition coefficient (Wildman–Crippen LogP) is 1.94. The number of amides is 3. The van der Waals surface area contributed by atoms with E-state index < -0.39 is 6.10 Å². The number of aliphatic hydroxyl groups is 1. The maximum Gasteiger partial charge on any atom is 0.316 e. The van der Waals surface area contributed by atoms with Gasteiger partial charge in [-0.15, -0.1) is 0 Å². The van der Waals surface area contributed by atoms with Crippen molar-refractivity contribution in [2.24, 2.45) is 0 Å². The maximum absolute atomic E-state index is 13.2. The molecule has 2 saturated heterocycles. The molecule has 9 heteroatoms. The van der Waals surface area contributed by atoms with Gasteiger partial charge >= 0.3 is 6.03 Å². The van der Waals surface area contributed by atoms with Gasteiger partial charge in [-0.2, -0.15) is 0 Å². The van der Waals surface area contributed by atoms with Gasteiger partial charge in [-0.1, -0.05) is 18.2 Å². The summed E-state index contributed by atoms with van der Waals surface area (Å²) >= 11 is 0. The lowest BCUT2D eigenvalue weighted by molar-refractivity contribution is 0.0409. The van der Waals surface area contributed by atoms with Crippen molar-refractivity contribution in [3.63, 3.8) is 0 Å². The third-order valence-electron chi connectivity index (χ3n) is 7.39. The molecule has 2 bridgehead atoms. The van der Waals surface area contributed by atoms with Gasteiger partial charge in [0, 0.05) is 51.4 Å². The fourth-order valence-electron chi connectivity index (χ4n) is 5.80. The first kappa shape index (κ1) is 25.2. The summed E-state index contributed by atoms with van der Waals surface area (Å²) in [7, 11) is 3.24. The van der Waals surface area contributed by atoms with E-state index in [0.29, 0.717) is 6.54 Å². The number of carbonyl (C=O) groups excluding carboxylic acids is 2. The number of likely N-dealkylation sites (N-methyl/N-ethyl adjacent to an activating group) is 1. The third kappa shape index (κ3) is 5.21. The topological polar surface area (TPSA) is 107 Å². The average Bonchev–Trinajstić information content (AvgIpc) is 3.04. The molecule has 1 aromatic heterocycles. The summed E-state index contributed by atoms with van der Waals surface area (Å²) in [5.41, 5.74) is 0.746. The Morgan fingerprint density at radius 2 is 1.83 bits per heavy atom. The van der Waals surface area contributed by atoms with Crippen LogP contribution in [0.5, 0.6) is 0 Å². The zero-order chi connectivity index (χ0) is 25.3. The van der Waals surface area contributed by atoms with Crippen molar-refractivity contribution in [1.82, 2.24) is 25.0 Å². The minimum absolute atomic E-state index is 0.0136. The lowest BCUT2D eigenvalue weighted by Gasteiger charge is -2.40. The highest BCUT2D eigenvalue weighted by molar-refractivity contribution is 5.97. The molecule has 3 N–H and O–H groups in total. The van der Waals surface area contributed by atoms with Crippen LogP contribution in [0, 0.1) is 0 Å². The van der Waals surface area contributed by atoms with Gasteiger partial charge in [0.1, 0.15) is 5.56 Å². The van der Waals surface area contributed by atoms with Gasteiger partial charge in [-0.25, -0.2) is 4.79 Å². The first-order valence-electron chi connectivity index (χ1n) is 12.5. The van der Waals surface area contributed by atoms with E-state index in [1.807, 2.05) is 38.1 Å².